The van der Waals surface area contributed by atoms with Gasteiger partial charge in [-0.1, -0.05) is 25.0 Å². The molecule has 3 rings (SSSR count). The molecule has 1 aromatic heterocycles. The lowest BCUT2D eigenvalue weighted by atomic mass is 9.97. The second kappa shape index (κ2) is 11.6. The fraction of sp³-hybridized carbons (Fsp3) is 0.857. The summed E-state index contributed by atoms with van der Waals surface area (Å²) in [6.07, 6.45) is 10.6. The third-order valence-electron chi connectivity index (χ3n) is 6.02. The minimum Gasteiger partial charge on any atom is -0.394 e. The Balaban J connectivity index is 1.38. The van der Waals surface area contributed by atoms with Gasteiger partial charge in [0.1, 0.15) is 6.10 Å². The Hall–Kier alpha value is -1.51. The summed E-state index contributed by atoms with van der Waals surface area (Å²) >= 11 is 0. The molecule has 1 amide bonds. The maximum Gasteiger partial charge on any atom is 0.221 e. The molecule has 2 saturated heterocycles. The lowest BCUT2D eigenvalue weighted by Gasteiger charge is -2.36. The highest BCUT2D eigenvalue weighted by Gasteiger charge is 2.31. The summed E-state index contributed by atoms with van der Waals surface area (Å²) in [5, 5.41) is 21.2. The van der Waals surface area contributed by atoms with Crippen molar-refractivity contribution in [3.05, 3.63) is 11.9 Å². The molecular formula is C21H37N5O3. The Morgan fingerprint density at radius 1 is 1.28 bits per heavy atom. The van der Waals surface area contributed by atoms with Gasteiger partial charge in [0.25, 0.3) is 0 Å². The maximum atomic E-state index is 12.4. The summed E-state index contributed by atoms with van der Waals surface area (Å²) in [6.45, 7) is 5.85. The minimum absolute atomic E-state index is 0.0622. The molecule has 3 heterocycles. The molecule has 2 fully saturated rings. The van der Waals surface area contributed by atoms with Gasteiger partial charge in [-0.25, -0.2) is 0 Å². The number of aryl methyl sites for hydroxylation is 2. The number of hydrogen-bond acceptors (Lipinski definition) is 6. The molecule has 1 aromatic rings. The van der Waals surface area contributed by atoms with Gasteiger partial charge in [-0.3, -0.25) is 9.48 Å². The molecule has 0 aromatic carbocycles. The molecule has 8 heteroatoms. The highest BCUT2D eigenvalue weighted by atomic mass is 16.5. The van der Waals surface area contributed by atoms with Crippen LogP contribution in [0.25, 0.3) is 0 Å². The number of carbonyl (C=O) groups excluding carboxylic acids is 1. The Morgan fingerprint density at radius 3 is 2.86 bits per heavy atom. The third kappa shape index (κ3) is 7.04. The van der Waals surface area contributed by atoms with Gasteiger partial charge in [0, 0.05) is 25.7 Å². The van der Waals surface area contributed by atoms with Gasteiger partial charge in [-0.15, -0.1) is 5.10 Å². The summed E-state index contributed by atoms with van der Waals surface area (Å²) in [5.74, 6) is 0.0622. The molecule has 3 atom stereocenters. The second-order valence-corrected chi connectivity index (χ2v) is 8.39. The van der Waals surface area contributed by atoms with Crippen molar-refractivity contribution < 1.29 is 14.6 Å². The molecule has 2 aliphatic heterocycles. The monoisotopic (exact) mass is 407 g/mol. The molecule has 0 bridgehead atoms. The van der Waals surface area contributed by atoms with Crippen molar-refractivity contribution in [1.29, 1.82) is 0 Å². The quantitative estimate of drug-likeness (QED) is 0.611. The SMILES string of the molecule is CCCc1cn(CC[C@@H]2CC[C@H](NC(=O)CCN3CCCCC3)[C@H](CO)O2)nn1. The first-order valence-electron chi connectivity index (χ1n) is 11.3. The maximum absolute atomic E-state index is 12.4. The topological polar surface area (TPSA) is 92.5 Å². The predicted octanol–water partition coefficient (Wildman–Crippen LogP) is 1.52. The molecule has 0 unspecified atom stereocenters. The largest absolute Gasteiger partial charge is 0.394 e. The van der Waals surface area contributed by atoms with E-state index in [9.17, 15) is 9.90 Å². The smallest absolute Gasteiger partial charge is 0.221 e. The summed E-state index contributed by atoms with van der Waals surface area (Å²) in [6, 6.07) is -0.104. The number of hydrogen-bond donors (Lipinski definition) is 2. The number of amides is 1. The molecule has 0 aliphatic carbocycles. The molecule has 2 N–H and O–H groups in total. The van der Waals surface area contributed by atoms with E-state index in [1.807, 2.05) is 10.9 Å². The van der Waals surface area contributed by atoms with Gasteiger partial charge < -0.3 is 20.1 Å². The van der Waals surface area contributed by atoms with E-state index >= 15 is 0 Å². The summed E-state index contributed by atoms with van der Waals surface area (Å²) < 4.78 is 7.95. The van der Waals surface area contributed by atoms with Crippen LogP contribution in [0.1, 0.15) is 64.0 Å². The average Bonchev–Trinajstić information content (AvgIpc) is 3.20. The molecule has 0 spiro atoms. The first-order chi connectivity index (χ1) is 14.2. The van der Waals surface area contributed by atoms with Crippen LogP contribution in [0.4, 0.5) is 0 Å². The lowest BCUT2D eigenvalue weighted by Crippen LogP contribution is -2.51. The number of aromatic nitrogens is 3. The van der Waals surface area contributed by atoms with Crippen molar-refractivity contribution in [2.24, 2.45) is 0 Å². The van der Waals surface area contributed by atoms with Gasteiger partial charge >= 0.3 is 0 Å². The van der Waals surface area contributed by atoms with Crippen LogP contribution in [0.2, 0.25) is 0 Å². The normalized spacial score (nSPS) is 25.8. The van der Waals surface area contributed by atoms with Crippen molar-refractivity contribution in [2.75, 3.05) is 26.2 Å². The van der Waals surface area contributed by atoms with Gasteiger partial charge in [0.2, 0.25) is 5.91 Å². The van der Waals surface area contributed by atoms with E-state index < -0.39 is 0 Å². The molecule has 0 radical (unpaired) electrons. The van der Waals surface area contributed by atoms with Crippen LogP contribution in [-0.2, 0) is 22.5 Å². The summed E-state index contributed by atoms with van der Waals surface area (Å²) in [5.41, 5.74) is 1.03. The van der Waals surface area contributed by atoms with E-state index in [0.29, 0.717) is 6.42 Å². The van der Waals surface area contributed by atoms with Crippen molar-refractivity contribution in [1.82, 2.24) is 25.2 Å². The number of nitrogens with one attached hydrogen (secondary N) is 1. The number of rotatable bonds is 10. The first-order valence-corrected chi connectivity index (χ1v) is 11.3. The van der Waals surface area contributed by atoms with Gasteiger partial charge in [0.05, 0.1) is 24.4 Å². The van der Waals surface area contributed by atoms with Gasteiger partial charge in [-0.05, 0) is 51.6 Å². The van der Waals surface area contributed by atoms with Crippen molar-refractivity contribution >= 4 is 5.91 Å². The second-order valence-electron chi connectivity index (χ2n) is 8.39. The summed E-state index contributed by atoms with van der Waals surface area (Å²) in [4.78, 5) is 14.7. The van der Waals surface area contributed by atoms with Crippen molar-refractivity contribution in [3.63, 3.8) is 0 Å². The van der Waals surface area contributed by atoms with Gasteiger partial charge in [0.15, 0.2) is 0 Å². The van der Waals surface area contributed by atoms with Crippen LogP contribution in [0.15, 0.2) is 6.20 Å². The number of aliphatic hydroxyl groups is 1. The third-order valence-corrected chi connectivity index (χ3v) is 6.02. The van der Waals surface area contributed by atoms with E-state index in [1.165, 1.54) is 19.3 Å². The van der Waals surface area contributed by atoms with Crippen molar-refractivity contribution in [2.45, 2.75) is 89.5 Å². The Morgan fingerprint density at radius 2 is 2.10 bits per heavy atom. The van der Waals surface area contributed by atoms with Crippen molar-refractivity contribution in [3.8, 4) is 0 Å². The van der Waals surface area contributed by atoms with Crippen LogP contribution in [-0.4, -0.2) is 75.4 Å². The fourth-order valence-corrected chi connectivity index (χ4v) is 4.33. The zero-order valence-electron chi connectivity index (χ0n) is 17.8. The zero-order chi connectivity index (χ0) is 20.5. The van der Waals surface area contributed by atoms with Crippen LogP contribution in [0.3, 0.4) is 0 Å². The average molecular weight is 408 g/mol. The van der Waals surface area contributed by atoms with E-state index in [2.05, 4.69) is 27.5 Å². The van der Waals surface area contributed by atoms with E-state index in [1.54, 1.807) is 0 Å². The van der Waals surface area contributed by atoms with Crippen LogP contribution >= 0.6 is 0 Å². The highest BCUT2D eigenvalue weighted by Crippen LogP contribution is 2.22. The number of nitrogens with zero attached hydrogens (tertiary/aromatic N) is 4. The van der Waals surface area contributed by atoms with Crippen LogP contribution in [0, 0.1) is 0 Å². The molecule has 0 saturated carbocycles. The van der Waals surface area contributed by atoms with E-state index in [4.69, 9.17) is 4.74 Å². The Bertz CT molecular complexity index is 617. The fourth-order valence-electron chi connectivity index (χ4n) is 4.33. The molecule has 2 aliphatic rings. The number of carbonyl (C=O) groups is 1. The molecular weight excluding hydrogens is 370 g/mol. The Kier molecular flexibility index (Phi) is 8.89. The zero-order valence-corrected chi connectivity index (χ0v) is 17.8. The predicted molar refractivity (Wildman–Crippen MR) is 110 cm³/mol. The molecule has 29 heavy (non-hydrogen) atoms. The van der Waals surface area contributed by atoms with Crippen LogP contribution < -0.4 is 5.32 Å². The first kappa shape index (κ1) is 22.2. The summed E-state index contributed by atoms with van der Waals surface area (Å²) in [7, 11) is 0. The molecule has 8 nitrogen and oxygen atoms in total. The van der Waals surface area contributed by atoms with Crippen LogP contribution in [0.5, 0.6) is 0 Å². The lowest BCUT2D eigenvalue weighted by molar-refractivity contribution is -0.129. The number of piperidine rings is 1. The number of likely N-dealkylation sites (tertiary alicyclic amines) is 1. The van der Waals surface area contributed by atoms with E-state index in [-0.39, 0.29) is 30.8 Å². The number of aliphatic hydroxyl groups excluding tert-OH is 1. The number of ether oxygens (including phenoxy) is 1. The van der Waals surface area contributed by atoms with E-state index in [0.717, 1.165) is 64.0 Å². The highest BCUT2D eigenvalue weighted by molar-refractivity contribution is 5.76. The standard InChI is InChI=1S/C21H37N5O3/c1-2-6-17-15-26(24-23-17)14-9-18-7-8-19(20(16-27)29-18)22-21(28)10-13-25-11-4-3-5-12-25/h15,18-20,27H,2-14,16H2,1H3,(H,22,28)/t18-,19-,20-/m0/s1. The minimum atomic E-state index is -0.334. The Labute approximate surface area is 174 Å². The molecule has 164 valence electrons. The van der Waals surface area contributed by atoms with Gasteiger partial charge in [-0.2, -0.15) is 0 Å².